The molecule has 0 spiro atoms. The van der Waals surface area contributed by atoms with Crippen molar-refractivity contribution in [3.63, 3.8) is 0 Å². The summed E-state index contributed by atoms with van der Waals surface area (Å²) < 4.78 is 4.05. The van der Waals surface area contributed by atoms with Crippen LogP contribution >= 0.6 is 0 Å². The van der Waals surface area contributed by atoms with Crippen molar-refractivity contribution in [1.29, 1.82) is 5.41 Å². The van der Waals surface area contributed by atoms with Crippen LogP contribution in [0.3, 0.4) is 0 Å². The Balaban J connectivity index is 1.74. The van der Waals surface area contributed by atoms with E-state index in [-0.39, 0.29) is 6.04 Å². The van der Waals surface area contributed by atoms with Crippen LogP contribution in [-0.4, -0.2) is 19.1 Å². The van der Waals surface area contributed by atoms with E-state index in [9.17, 15) is 0 Å². The first kappa shape index (κ1) is 18.2. The summed E-state index contributed by atoms with van der Waals surface area (Å²) in [5.74, 6) is 0. The van der Waals surface area contributed by atoms with Crippen LogP contribution in [0.4, 0.5) is 0 Å². The summed E-state index contributed by atoms with van der Waals surface area (Å²) in [6.45, 7) is 6.92. The van der Waals surface area contributed by atoms with Crippen LogP contribution in [0.15, 0.2) is 60.9 Å². The highest BCUT2D eigenvalue weighted by molar-refractivity contribution is 5.71. The Hall–Kier alpha value is -3.21. The van der Waals surface area contributed by atoms with E-state index in [0.717, 1.165) is 35.4 Å². The molecular formula is C23H25N5. The van der Waals surface area contributed by atoms with Gasteiger partial charge in [0.25, 0.3) is 0 Å². The van der Waals surface area contributed by atoms with Crippen LogP contribution in [0.25, 0.3) is 11.2 Å². The van der Waals surface area contributed by atoms with E-state index in [0.29, 0.717) is 5.62 Å². The van der Waals surface area contributed by atoms with Gasteiger partial charge in [-0.2, -0.15) is 0 Å². The average molecular weight is 371 g/mol. The highest BCUT2D eigenvalue weighted by atomic mass is 15.2. The summed E-state index contributed by atoms with van der Waals surface area (Å²) in [4.78, 5) is 9.01. The Bertz CT molecular complexity index is 1150. The number of rotatable bonds is 5. The van der Waals surface area contributed by atoms with E-state index in [1.165, 1.54) is 11.1 Å². The second kappa shape index (κ2) is 7.43. The summed E-state index contributed by atoms with van der Waals surface area (Å²) in [7, 11) is 0. The number of imidazole rings is 1. The molecule has 1 N–H and O–H groups in total. The van der Waals surface area contributed by atoms with Gasteiger partial charge >= 0.3 is 0 Å². The predicted octanol–water partition coefficient (Wildman–Crippen LogP) is 4.18. The SMILES string of the molecule is Cc1ccc(CCn2c(=N)n(C(C)c3ccc(C)nc3)c3cccnc32)cc1. The highest BCUT2D eigenvalue weighted by Crippen LogP contribution is 2.21. The first-order chi connectivity index (χ1) is 13.5. The molecule has 5 nitrogen and oxygen atoms in total. The Labute approximate surface area is 164 Å². The van der Waals surface area contributed by atoms with Crippen LogP contribution in [0.1, 0.15) is 35.3 Å². The van der Waals surface area contributed by atoms with Gasteiger partial charge in [-0.05, 0) is 56.5 Å². The maximum absolute atomic E-state index is 8.86. The number of nitrogens with zero attached hydrogens (tertiary/aromatic N) is 4. The zero-order chi connectivity index (χ0) is 19.7. The molecule has 28 heavy (non-hydrogen) atoms. The van der Waals surface area contributed by atoms with Gasteiger partial charge in [0.2, 0.25) is 5.62 Å². The quantitative estimate of drug-likeness (QED) is 0.572. The Kier molecular flexibility index (Phi) is 4.82. The number of aryl methyl sites for hydroxylation is 4. The molecule has 0 amide bonds. The topological polar surface area (TPSA) is 59.5 Å². The first-order valence-corrected chi connectivity index (χ1v) is 9.63. The van der Waals surface area contributed by atoms with Crippen molar-refractivity contribution < 1.29 is 0 Å². The summed E-state index contributed by atoms with van der Waals surface area (Å²) in [5, 5.41) is 8.86. The second-order valence-corrected chi connectivity index (χ2v) is 7.34. The van der Waals surface area contributed by atoms with Gasteiger partial charge in [-0.1, -0.05) is 35.9 Å². The molecule has 1 unspecified atom stereocenters. The molecular weight excluding hydrogens is 346 g/mol. The Morgan fingerprint density at radius 2 is 1.79 bits per heavy atom. The van der Waals surface area contributed by atoms with Crippen molar-refractivity contribution in [3.8, 4) is 0 Å². The maximum Gasteiger partial charge on any atom is 0.204 e. The summed E-state index contributed by atoms with van der Waals surface area (Å²) >= 11 is 0. The zero-order valence-corrected chi connectivity index (χ0v) is 16.6. The molecule has 4 aromatic rings. The Morgan fingerprint density at radius 1 is 1.00 bits per heavy atom. The highest BCUT2D eigenvalue weighted by Gasteiger charge is 2.17. The number of benzene rings is 1. The number of fused-ring (bicyclic) bond motifs is 1. The standard InChI is InChI=1S/C23H25N5/c1-16-6-9-19(10-7-16)12-14-27-22-21(5-4-13-25-22)28(23(27)24)18(3)20-11-8-17(2)26-15-20/h4-11,13,15,18,24H,12,14H2,1-3H3. The van der Waals surface area contributed by atoms with Crippen LogP contribution < -0.4 is 5.62 Å². The van der Waals surface area contributed by atoms with Gasteiger partial charge in [-0.15, -0.1) is 0 Å². The second-order valence-electron chi connectivity index (χ2n) is 7.34. The lowest BCUT2D eigenvalue weighted by Gasteiger charge is -2.15. The lowest BCUT2D eigenvalue weighted by Crippen LogP contribution is -2.28. The molecule has 1 atom stereocenters. The molecule has 1 aromatic carbocycles. The minimum Gasteiger partial charge on any atom is -0.302 e. The molecule has 0 radical (unpaired) electrons. The van der Waals surface area contributed by atoms with Crippen molar-refractivity contribution in [1.82, 2.24) is 19.1 Å². The fraction of sp³-hybridized carbons (Fsp3) is 0.261. The zero-order valence-electron chi connectivity index (χ0n) is 16.6. The van der Waals surface area contributed by atoms with Gasteiger partial charge < -0.3 is 4.57 Å². The molecule has 0 saturated heterocycles. The first-order valence-electron chi connectivity index (χ1n) is 9.63. The predicted molar refractivity (Wildman–Crippen MR) is 111 cm³/mol. The normalized spacial score (nSPS) is 12.4. The third-order valence-corrected chi connectivity index (χ3v) is 5.31. The van der Waals surface area contributed by atoms with Crippen molar-refractivity contribution >= 4 is 11.2 Å². The third-order valence-electron chi connectivity index (χ3n) is 5.31. The van der Waals surface area contributed by atoms with E-state index in [1.54, 1.807) is 6.20 Å². The van der Waals surface area contributed by atoms with Crippen molar-refractivity contribution in [2.45, 2.75) is 39.8 Å². The minimum absolute atomic E-state index is 0.00734. The number of hydrogen-bond donors (Lipinski definition) is 1. The summed E-state index contributed by atoms with van der Waals surface area (Å²) in [6, 6.07) is 16.7. The van der Waals surface area contributed by atoms with Gasteiger partial charge in [0.15, 0.2) is 5.65 Å². The Morgan fingerprint density at radius 3 is 2.50 bits per heavy atom. The fourth-order valence-corrected chi connectivity index (χ4v) is 3.60. The van der Waals surface area contributed by atoms with E-state index in [1.807, 2.05) is 40.5 Å². The van der Waals surface area contributed by atoms with Crippen molar-refractivity contribution in [2.24, 2.45) is 0 Å². The van der Waals surface area contributed by atoms with Gasteiger partial charge in [-0.25, -0.2) is 4.98 Å². The van der Waals surface area contributed by atoms with Crippen molar-refractivity contribution in [2.75, 3.05) is 0 Å². The molecule has 3 aromatic heterocycles. The molecule has 142 valence electrons. The van der Waals surface area contributed by atoms with Crippen LogP contribution in [0.2, 0.25) is 0 Å². The van der Waals surface area contributed by atoms with Crippen LogP contribution in [0.5, 0.6) is 0 Å². The molecule has 5 heteroatoms. The van der Waals surface area contributed by atoms with E-state index in [2.05, 4.69) is 54.1 Å². The fourth-order valence-electron chi connectivity index (χ4n) is 3.60. The third kappa shape index (κ3) is 3.36. The van der Waals surface area contributed by atoms with Crippen LogP contribution in [0, 0.1) is 19.3 Å². The van der Waals surface area contributed by atoms with Gasteiger partial charge in [0.05, 0.1) is 11.6 Å². The maximum atomic E-state index is 8.86. The molecule has 0 aliphatic rings. The molecule has 4 rings (SSSR count). The monoisotopic (exact) mass is 371 g/mol. The number of hydrogen-bond acceptors (Lipinski definition) is 3. The summed E-state index contributed by atoms with van der Waals surface area (Å²) in [6.07, 6.45) is 4.57. The number of pyridine rings is 2. The lowest BCUT2D eigenvalue weighted by molar-refractivity contribution is 0.563. The summed E-state index contributed by atoms with van der Waals surface area (Å²) in [5.41, 5.74) is 6.91. The van der Waals surface area contributed by atoms with E-state index in [4.69, 9.17) is 5.41 Å². The number of aromatic nitrogens is 4. The molecule has 3 heterocycles. The minimum atomic E-state index is 0.00734. The van der Waals surface area contributed by atoms with Gasteiger partial charge in [0, 0.05) is 24.6 Å². The molecule has 0 saturated carbocycles. The van der Waals surface area contributed by atoms with Gasteiger partial charge in [0.1, 0.15) is 0 Å². The smallest absolute Gasteiger partial charge is 0.204 e. The molecule has 0 bridgehead atoms. The van der Waals surface area contributed by atoms with Crippen LogP contribution in [-0.2, 0) is 13.0 Å². The average Bonchev–Trinajstić information content (AvgIpc) is 2.99. The van der Waals surface area contributed by atoms with E-state index < -0.39 is 0 Å². The lowest BCUT2D eigenvalue weighted by atomic mass is 10.1. The van der Waals surface area contributed by atoms with Gasteiger partial charge in [-0.3, -0.25) is 15.0 Å². The van der Waals surface area contributed by atoms with Crippen molar-refractivity contribution in [3.05, 3.63) is 88.9 Å². The molecule has 0 aliphatic heterocycles. The number of nitrogens with one attached hydrogen (secondary N) is 1. The molecule has 0 fully saturated rings. The largest absolute Gasteiger partial charge is 0.302 e. The molecule has 0 aliphatic carbocycles. The van der Waals surface area contributed by atoms with E-state index >= 15 is 0 Å².